The number of sulfone groups is 1. The predicted octanol–water partition coefficient (Wildman–Crippen LogP) is 1.90. The molecule has 2 unspecified atom stereocenters. The molecule has 21 heavy (non-hydrogen) atoms. The smallest absolute Gasteiger partial charge is 0.154 e. The zero-order valence-electron chi connectivity index (χ0n) is 13.2. The third-order valence-electron chi connectivity index (χ3n) is 4.33. The standard InChI is InChI=1S/C16H26N2O2S/c1-4-15(17)10-14-5-6-16(9-12(14)2)18-7-8-21(19,20)11-13(18)3/h5-6,9,13,15H,4,7-8,10-11,17H2,1-3H3. The van der Waals surface area contributed by atoms with Crippen molar-refractivity contribution in [3.05, 3.63) is 29.3 Å². The first-order chi connectivity index (χ1) is 9.82. The maximum absolute atomic E-state index is 11.7. The normalized spacial score (nSPS) is 23.0. The molecule has 2 N–H and O–H groups in total. The molecule has 0 aromatic heterocycles. The molecule has 1 aromatic carbocycles. The highest BCUT2D eigenvalue weighted by Crippen LogP contribution is 2.25. The third kappa shape index (κ3) is 3.98. The first-order valence-corrected chi connectivity index (χ1v) is 9.46. The van der Waals surface area contributed by atoms with Crippen LogP contribution in [0.1, 0.15) is 31.4 Å². The van der Waals surface area contributed by atoms with E-state index in [9.17, 15) is 8.42 Å². The van der Waals surface area contributed by atoms with Crippen molar-refractivity contribution in [1.29, 1.82) is 0 Å². The molecule has 1 aliphatic heterocycles. The summed E-state index contributed by atoms with van der Waals surface area (Å²) in [5.41, 5.74) is 9.66. The van der Waals surface area contributed by atoms with E-state index in [-0.39, 0.29) is 23.6 Å². The molecular weight excluding hydrogens is 284 g/mol. The lowest BCUT2D eigenvalue weighted by atomic mass is 9.99. The minimum Gasteiger partial charge on any atom is -0.367 e. The van der Waals surface area contributed by atoms with E-state index in [1.807, 2.05) is 6.92 Å². The number of hydrogen-bond acceptors (Lipinski definition) is 4. The van der Waals surface area contributed by atoms with Gasteiger partial charge >= 0.3 is 0 Å². The van der Waals surface area contributed by atoms with Gasteiger partial charge in [-0.05, 0) is 49.9 Å². The fourth-order valence-corrected chi connectivity index (χ4v) is 4.45. The van der Waals surface area contributed by atoms with E-state index in [0.29, 0.717) is 6.54 Å². The lowest BCUT2D eigenvalue weighted by Gasteiger charge is -2.35. The Balaban J connectivity index is 2.17. The lowest BCUT2D eigenvalue weighted by molar-refractivity contribution is 0.568. The van der Waals surface area contributed by atoms with Crippen molar-refractivity contribution in [1.82, 2.24) is 0 Å². The Labute approximate surface area is 128 Å². The van der Waals surface area contributed by atoms with Crippen LogP contribution in [0.5, 0.6) is 0 Å². The van der Waals surface area contributed by atoms with Crippen molar-refractivity contribution >= 4 is 15.5 Å². The summed E-state index contributed by atoms with van der Waals surface area (Å²) in [5, 5.41) is 0. The number of anilines is 1. The van der Waals surface area contributed by atoms with Crippen LogP contribution >= 0.6 is 0 Å². The minimum atomic E-state index is -2.87. The molecule has 0 bridgehead atoms. The summed E-state index contributed by atoms with van der Waals surface area (Å²) in [6.07, 6.45) is 1.87. The van der Waals surface area contributed by atoms with Crippen LogP contribution in [0.25, 0.3) is 0 Å². The van der Waals surface area contributed by atoms with E-state index in [1.165, 1.54) is 11.1 Å². The van der Waals surface area contributed by atoms with Crippen LogP contribution in [0, 0.1) is 6.92 Å². The van der Waals surface area contributed by atoms with Crippen LogP contribution < -0.4 is 10.6 Å². The third-order valence-corrected chi connectivity index (χ3v) is 6.13. The molecule has 0 amide bonds. The maximum atomic E-state index is 11.7. The van der Waals surface area contributed by atoms with E-state index in [1.54, 1.807) is 0 Å². The van der Waals surface area contributed by atoms with Crippen molar-refractivity contribution in [3.63, 3.8) is 0 Å². The molecule has 0 saturated carbocycles. The Hall–Kier alpha value is -1.07. The average Bonchev–Trinajstić information content (AvgIpc) is 2.40. The van der Waals surface area contributed by atoms with E-state index in [2.05, 4.69) is 36.9 Å². The molecule has 0 radical (unpaired) electrons. The van der Waals surface area contributed by atoms with Crippen LogP contribution in [0.3, 0.4) is 0 Å². The fourth-order valence-electron chi connectivity index (χ4n) is 2.90. The van der Waals surface area contributed by atoms with Gasteiger partial charge in [-0.3, -0.25) is 0 Å². The Morgan fingerprint density at radius 2 is 2.14 bits per heavy atom. The van der Waals surface area contributed by atoms with Crippen LogP contribution in [0.15, 0.2) is 18.2 Å². The Morgan fingerprint density at radius 3 is 2.71 bits per heavy atom. The summed E-state index contributed by atoms with van der Waals surface area (Å²) in [6.45, 7) is 6.76. The second-order valence-electron chi connectivity index (χ2n) is 6.14. The molecule has 1 aromatic rings. The zero-order chi connectivity index (χ0) is 15.6. The summed E-state index contributed by atoms with van der Waals surface area (Å²) in [4.78, 5) is 2.19. The van der Waals surface area contributed by atoms with Crippen LogP contribution in [-0.4, -0.2) is 38.6 Å². The molecular formula is C16H26N2O2S. The van der Waals surface area contributed by atoms with Gasteiger partial charge in [0, 0.05) is 24.3 Å². The SMILES string of the molecule is CCC(N)Cc1ccc(N2CCS(=O)(=O)CC2C)cc1C. The molecule has 2 rings (SSSR count). The Morgan fingerprint density at radius 1 is 1.43 bits per heavy atom. The molecule has 118 valence electrons. The molecule has 0 spiro atoms. The maximum Gasteiger partial charge on any atom is 0.154 e. The van der Waals surface area contributed by atoms with Gasteiger partial charge in [0.2, 0.25) is 0 Å². The molecule has 1 saturated heterocycles. The topological polar surface area (TPSA) is 63.4 Å². The number of nitrogens with two attached hydrogens (primary N) is 1. The highest BCUT2D eigenvalue weighted by atomic mass is 32.2. The molecule has 1 heterocycles. The fraction of sp³-hybridized carbons (Fsp3) is 0.625. The van der Waals surface area contributed by atoms with Crippen LogP contribution in [-0.2, 0) is 16.3 Å². The van der Waals surface area contributed by atoms with E-state index < -0.39 is 9.84 Å². The van der Waals surface area contributed by atoms with Gasteiger partial charge in [0.25, 0.3) is 0 Å². The largest absolute Gasteiger partial charge is 0.367 e. The number of hydrogen-bond donors (Lipinski definition) is 1. The van der Waals surface area contributed by atoms with Crippen molar-refractivity contribution in [2.24, 2.45) is 5.73 Å². The Bertz CT molecular complexity index is 598. The lowest BCUT2D eigenvalue weighted by Crippen LogP contribution is -2.47. The van der Waals surface area contributed by atoms with E-state index >= 15 is 0 Å². The molecule has 4 nitrogen and oxygen atoms in total. The van der Waals surface area contributed by atoms with Crippen molar-refractivity contribution in [2.75, 3.05) is 23.0 Å². The van der Waals surface area contributed by atoms with Crippen LogP contribution in [0.4, 0.5) is 5.69 Å². The summed E-state index contributed by atoms with van der Waals surface area (Å²) < 4.78 is 23.3. The van der Waals surface area contributed by atoms with Gasteiger partial charge in [0.1, 0.15) is 0 Å². The summed E-state index contributed by atoms with van der Waals surface area (Å²) in [5.74, 6) is 0.493. The van der Waals surface area contributed by atoms with E-state index in [4.69, 9.17) is 5.73 Å². The monoisotopic (exact) mass is 310 g/mol. The first kappa shape index (κ1) is 16.3. The first-order valence-electron chi connectivity index (χ1n) is 7.64. The quantitative estimate of drug-likeness (QED) is 0.922. The van der Waals surface area contributed by atoms with Gasteiger partial charge in [0.05, 0.1) is 11.5 Å². The van der Waals surface area contributed by atoms with Crippen LogP contribution in [0.2, 0.25) is 0 Å². The van der Waals surface area contributed by atoms with E-state index in [0.717, 1.165) is 18.5 Å². The van der Waals surface area contributed by atoms with Gasteiger partial charge in [-0.25, -0.2) is 8.42 Å². The predicted molar refractivity (Wildman–Crippen MR) is 88.6 cm³/mol. The van der Waals surface area contributed by atoms with Gasteiger partial charge in [-0.15, -0.1) is 0 Å². The number of benzene rings is 1. The summed E-state index contributed by atoms with van der Waals surface area (Å²) in [7, 11) is -2.87. The molecule has 1 fully saturated rings. The highest BCUT2D eigenvalue weighted by Gasteiger charge is 2.28. The average molecular weight is 310 g/mol. The Kier molecular flexibility index (Phi) is 4.94. The second kappa shape index (κ2) is 6.36. The zero-order valence-corrected chi connectivity index (χ0v) is 14.0. The minimum absolute atomic E-state index is 0.0342. The summed E-state index contributed by atoms with van der Waals surface area (Å²) >= 11 is 0. The molecule has 2 atom stereocenters. The van der Waals surface area contributed by atoms with Gasteiger partial charge in [-0.1, -0.05) is 13.0 Å². The van der Waals surface area contributed by atoms with Gasteiger partial charge in [-0.2, -0.15) is 0 Å². The number of aryl methyl sites for hydroxylation is 1. The second-order valence-corrected chi connectivity index (χ2v) is 8.37. The van der Waals surface area contributed by atoms with Gasteiger partial charge in [0.15, 0.2) is 9.84 Å². The molecule has 0 aliphatic carbocycles. The highest BCUT2D eigenvalue weighted by molar-refractivity contribution is 7.91. The van der Waals surface area contributed by atoms with Crippen molar-refractivity contribution in [2.45, 2.75) is 45.7 Å². The summed E-state index contributed by atoms with van der Waals surface area (Å²) in [6, 6.07) is 6.63. The number of rotatable bonds is 4. The van der Waals surface area contributed by atoms with Gasteiger partial charge < -0.3 is 10.6 Å². The molecule has 5 heteroatoms. The van der Waals surface area contributed by atoms with Crippen molar-refractivity contribution < 1.29 is 8.42 Å². The van der Waals surface area contributed by atoms with Crippen molar-refractivity contribution in [3.8, 4) is 0 Å². The molecule has 1 aliphatic rings. The number of nitrogens with zero attached hydrogens (tertiary/aromatic N) is 1.